The van der Waals surface area contributed by atoms with E-state index in [-0.39, 0.29) is 12.3 Å². The maximum absolute atomic E-state index is 11.7. The molecular formula is C13H14N2O2. The molecule has 0 fully saturated rings. The number of hydrogen-bond donors (Lipinski definition) is 0. The molecule has 17 heavy (non-hydrogen) atoms. The largest absolute Gasteiger partial charge is 0.380 e. The lowest BCUT2D eigenvalue weighted by atomic mass is 10.1. The molecule has 0 aromatic heterocycles. The van der Waals surface area contributed by atoms with E-state index >= 15 is 0 Å². The number of ether oxygens (including phenoxy) is 1. The molecular weight excluding hydrogens is 216 g/mol. The van der Waals surface area contributed by atoms with E-state index in [1.165, 1.54) is 0 Å². The van der Waals surface area contributed by atoms with Crippen molar-refractivity contribution in [1.82, 2.24) is 0 Å². The van der Waals surface area contributed by atoms with E-state index in [1.807, 2.05) is 24.3 Å². The minimum Gasteiger partial charge on any atom is -0.380 e. The standard InChI is InChI=1S/C13H14N2O2/c1-17-9-10-2-3-11-5-7-15(12(11)8-10)13(16)4-6-14/h2-3,8H,4-5,7,9H2,1H3. The Morgan fingerprint density at radius 3 is 3.12 bits per heavy atom. The predicted molar refractivity (Wildman–Crippen MR) is 63.4 cm³/mol. The third-order valence-corrected chi connectivity index (χ3v) is 2.89. The van der Waals surface area contributed by atoms with Crippen LogP contribution in [0.5, 0.6) is 0 Å². The molecule has 2 rings (SSSR count). The second-order valence-electron chi connectivity index (χ2n) is 4.03. The maximum atomic E-state index is 11.7. The van der Waals surface area contributed by atoms with E-state index in [0.717, 1.165) is 23.2 Å². The highest BCUT2D eigenvalue weighted by molar-refractivity contribution is 5.96. The zero-order valence-corrected chi connectivity index (χ0v) is 9.77. The first-order valence-electron chi connectivity index (χ1n) is 5.54. The van der Waals surface area contributed by atoms with E-state index in [9.17, 15) is 4.79 Å². The van der Waals surface area contributed by atoms with Gasteiger partial charge in [0.05, 0.1) is 12.7 Å². The summed E-state index contributed by atoms with van der Waals surface area (Å²) in [7, 11) is 1.64. The lowest BCUT2D eigenvalue weighted by Crippen LogP contribution is -2.28. The molecule has 0 saturated carbocycles. The summed E-state index contributed by atoms with van der Waals surface area (Å²) < 4.78 is 5.08. The van der Waals surface area contributed by atoms with Gasteiger partial charge in [-0.15, -0.1) is 0 Å². The molecule has 1 aromatic rings. The summed E-state index contributed by atoms with van der Waals surface area (Å²) in [4.78, 5) is 13.4. The maximum Gasteiger partial charge on any atom is 0.241 e. The number of nitriles is 1. The normalized spacial score (nSPS) is 13.3. The number of methoxy groups -OCH3 is 1. The molecule has 0 saturated heterocycles. The van der Waals surface area contributed by atoms with Crippen LogP contribution in [0.25, 0.3) is 0 Å². The van der Waals surface area contributed by atoms with Crippen LogP contribution in [-0.4, -0.2) is 19.6 Å². The molecule has 0 atom stereocenters. The van der Waals surface area contributed by atoms with Crippen LogP contribution in [0, 0.1) is 11.3 Å². The Bertz CT molecular complexity index is 477. The van der Waals surface area contributed by atoms with Crippen LogP contribution in [0.2, 0.25) is 0 Å². The van der Waals surface area contributed by atoms with E-state index in [4.69, 9.17) is 10.00 Å². The number of carbonyl (C=O) groups excluding carboxylic acids is 1. The second-order valence-corrected chi connectivity index (χ2v) is 4.03. The number of nitrogens with zero attached hydrogens (tertiary/aromatic N) is 2. The second kappa shape index (κ2) is 4.98. The van der Waals surface area contributed by atoms with Crippen molar-refractivity contribution in [3.05, 3.63) is 29.3 Å². The van der Waals surface area contributed by atoms with Gasteiger partial charge in [0.1, 0.15) is 6.42 Å². The molecule has 1 aliphatic heterocycles. The van der Waals surface area contributed by atoms with E-state index in [1.54, 1.807) is 12.0 Å². The molecule has 0 radical (unpaired) electrons. The van der Waals surface area contributed by atoms with Crippen LogP contribution in [0.15, 0.2) is 18.2 Å². The van der Waals surface area contributed by atoms with Crippen molar-refractivity contribution in [2.75, 3.05) is 18.6 Å². The highest BCUT2D eigenvalue weighted by atomic mass is 16.5. The average molecular weight is 230 g/mol. The summed E-state index contributed by atoms with van der Waals surface area (Å²) in [5, 5.41) is 8.57. The molecule has 1 heterocycles. The van der Waals surface area contributed by atoms with Gasteiger partial charge >= 0.3 is 0 Å². The van der Waals surface area contributed by atoms with Gasteiger partial charge < -0.3 is 9.64 Å². The van der Waals surface area contributed by atoms with Gasteiger partial charge in [0.2, 0.25) is 5.91 Å². The zero-order valence-electron chi connectivity index (χ0n) is 9.77. The van der Waals surface area contributed by atoms with Crippen LogP contribution < -0.4 is 4.90 Å². The molecule has 88 valence electrons. The molecule has 1 aliphatic rings. The minimum atomic E-state index is -0.124. The third-order valence-electron chi connectivity index (χ3n) is 2.89. The van der Waals surface area contributed by atoms with Crippen molar-refractivity contribution in [3.8, 4) is 6.07 Å². The smallest absolute Gasteiger partial charge is 0.241 e. The fraction of sp³-hybridized carbons (Fsp3) is 0.385. The van der Waals surface area contributed by atoms with Crippen molar-refractivity contribution in [2.24, 2.45) is 0 Å². The van der Waals surface area contributed by atoms with Gasteiger partial charge in [0.25, 0.3) is 0 Å². The van der Waals surface area contributed by atoms with Gasteiger partial charge in [-0.25, -0.2) is 0 Å². The number of hydrogen-bond acceptors (Lipinski definition) is 3. The summed E-state index contributed by atoms with van der Waals surface area (Å²) in [5.41, 5.74) is 3.14. The predicted octanol–water partition coefficient (Wildman–Crippen LogP) is 1.64. The van der Waals surface area contributed by atoms with Gasteiger partial charge in [0, 0.05) is 19.3 Å². The van der Waals surface area contributed by atoms with Crippen LogP contribution in [-0.2, 0) is 22.6 Å². The fourth-order valence-corrected chi connectivity index (χ4v) is 2.10. The first kappa shape index (κ1) is 11.6. The van der Waals surface area contributed by atoms with Crippen LogP contribution in [0.3, 0.4) is 0 Å². The Hall–Kier alpha value is -1.86. The highest BCUT2D eigenvalue weighted by Gasteiger charge is 2.24. The van der Waals surface area contributed by atoms with E-state index in [2.05, 4.69) is 0 Å². The molecule has 1 amide bonds. The molecule has 4 heteroatoms. The summed E-state index contributed by atoms with van der Waals surface area (Å²) in [5.74, 6) is -0.124. The number of fused-ring (bicyclic) bond motifs is 1. The third kappa shape index (κ3) is 2.29. The first-order chi connectivity index (χ1) is 8.26. The zero-order chi connectivity index (χ0) is 12.3. The quantitative estimate of drug-likeness (QED) is 0.793. The van der Waals surface area contributed by atoms with Gasteiger partial charge in [-0.3, -0.25) is 4.79 Å². The van der Waals surface area contributed by atoms with Gasteiger partial charge in [-0.1, -0.05) is 12.1 Å². The summed E-state index contributed by atoms with van der Waals surface area (Å²) >= 11 is 0. The molecule has 1 aromatic carbocycles. The summed E-state index contributed by atoms with van der Waals surface area (Å²) in [6.07, 6.45) is 0.799. The molecule has 0 bridgehead atoms. The fourth-order valence-electron chi connectivity index (χ4n) is 2.10. The first-order valence-corrected chi connectivity index (χ1v) is 5.54. The van der Waals surface area contributed by atoms with E-state index in [0.29, 0.717) is 13.2 Å². The Morgan fingerprint density at radius 1 is 1.59 bits per heavy atom. The van der Waals surface area contributed by atoms with Crippen LogP contribution in [0.1, 0.15) is 17.5 Å². The number of anilines is 1. The van der Waals surface area contributed by atoms with Crippen LogP contribution >= 0.6 is 0 Å². The van der Waals surface area contributed by atoms with Gasteiger partial charge in [0.15, 0.2) is 0 Å². The number of carbonyl (C=O) groups is 1. The number of rotatable bonds is 3. The Morgan fingerprint density at radius 2 is 2.41 bits per heavy atom. The van der Waals surface area contributed by atoms with Crippen LogP contribution in [0.4, 0.5) is 5.69 Å². The van der Waals surface area contributed by atoms with Crippen molar-refractivity contribution in [1.29, 1.82) is 5.26 Å². The van der Waals surface area contributed by atoms with Crippen molar-refractivity contribution >= 4 is 11.6 Å². The number of benzene rings is 1. The number of amides is 1. The molecule has 0 N–H and O–H groups in total. The van der Waals surface area contributed by atoms with E-state index < -0.39 is 0 Å². The molecule has 4 nitrogen and oxygen atoms in total. The lowest BCUT2D eigenvalue weighted by Gasteiger charge is -2.16. The average Bonchev–Trinajstić information content (AvgIpc) is 2.73. The highest BCUT2D eigenvalue weighted by Crippen LogP contribution is 2.29. The Balaban J connectivity index is 2.26. The van der Waals surface area contributed by atoms with Gasteiger partial charge in [-0.2, -0.15) is 5.26 Å². The Kier molecular flexibility index (Phi) is 3.40. The minimum absolute atomic E-state index is 0.0616. The molecule has 0 unspecified atom stereocenters. The van der Waals surface area contributed by atoms with Crippen molar-refractivity contribution < 1.29 is 9.53 Å². The molecule has 0 spiro atoms. The summed E-state index contributed by atoms with van der Waals surface area (Å²) in [6.45, 7) is 1.21. The molecule has 0 aliphatic carbocycles. The van der Waals surface area contributed by atoms with Gasteiger partial charge in [-0.05, 0) is 23.6 Å². The monoisotopic (exact) mass is 230 g/mol. The lowest BCUT2D eigenvalue weighted by molar-refractivity contribution is -0.117. The van der Waals surface area contributed by atoms with Crippen molar-refractivity contribution in [2.45, 2.75) is 19.4 Å². The summed E-state index contributed by atoms with van der Waals surface area (Å²) in [6, 6.07) is 7.92. The Labute approximate surface area is 100 Å². The topological polar surface area (TPSA) is 53.3 Å². The van der Waals surface area contributed by atoms with Crippen molar-refractivity contribution in [3.63, 3.8) is 0 Å². The SMILES string of the molecule is COCc1ccc2c(c1)N(C(=O)CC#N)CC2.